The van der Waals surface area contributed by atoms with Gasteiger partial charge in [0, 0.05) is 43.8 Å². The van der Waals surface area contributed by atoms with Gasteiger partial charge in [0.15, 0.2) is 0 Å². The summed E-state index contributed by atoms with van der Waals surface area (Å²) in [7, 11) is 0. The van der Waals surface area contributed by atoms with Gasteiger partial charge in [0.25, 0.3) is 0 Å². The number of hydrogen-bond acceptors (Lipinski definition) is 3. The number of aromatic amines is 2. The van der Waals surface area contributed by atoms with Crippen LogP contribution in [0, 0.1) is 5.92 Å². The minimum Gasteiger partial charge on any atom is -0.617 e. The van der Waals surface area contributed by atoms with E-state index in [1.54, 1.807) is 12.4 Å². The number of aromatic nitrogens is 4. The number of imidazole rings is 1. The summed E-state index contributed by atoms with van der Waals surface area (Å²) in [6.45, 7) is 10.3. The van der Waals surface area contributed by atoms with E-state index in [9.17, 15) is 9.59 Å². The second-order valence-electron chi connectivity index (χ2n) is 7.35. The molecule has 2 N–H and O–H groups in total. The third-order valence-electron chi connectivity index (χ3n) is 4.21. The van der Waals surface area contributed by atoms with Gasteiger partial charge >= 0.3 is 0 Å². The third kappa shape index (κ3) is 5.61. The Morgan fingerprint density at radius 1 is 1.27 bits per heavy atom. The first-order chi connectivity index (χ1) is 11.8. The van der Waals surface area contributed by atoms with Gasteiger partial charge in [-0.3, -0.25) is 4.79 Å². The van der Waals surface area contributed by atoms with E-state index in [0.29, 0.717) is 5.69 Å². The van der Waals surface area contributed by atoms with Crippen molar-refractivity contribution >= 4 is 12.2 Å². The van der Waals surface area contributed by atoms with Gasteiger partial charge in [-0.1, -0.05) is 52.5 Å². The smallest absolute Gasteiger partial charge is 0.233 e. The van der Waals surface area contributed by atoms with E-state index in [0.717, 1.165) is 25.0 Å². The molecule has 26 heavy (non-hydrogen) atoms. The van der Waals surface area contributed by atoms with Crippen molar-refractivity contribution in [2.24, 2.45) is 5.92 Å². The molecule has 7 heteroatoms. The Kier molecular flexibility index (Phi) is 8.41. The number of rotatable bonds is 5. The molecule has 0 saturated heterocycles. The van der Waals surface area contributed by atoms with Crippen molar-refractivity contribution in [3.05, 3.63) is 49.1 Å². The van der Waals surface area contributed by atoms with Crippen molar-refractivity contribution in [1.82, 2.24) is 19.9 Å². The van der Waals surface area contributed by atoms with E-state index in [4.69, 9.17) is 0 Å². The Balaban J connectivity index is 0.00000338. The molecule has 2 rings (SSSR count). The first kappa shape index (κ1) is 22.8. The first-order valence-electron chi connectivity index (χ1n) is 8.81. The molecule has 0 saturated carbocycles. The summed E-state index contributed by atoms with van der Waals surface area (Å²) < 4.78 is 0. The van der Waals surface area contributed by atoms with Crippen LogP contribution in [-0.4, -0.2) is 15.0 Å². The molecule has 0 aliphatic rings. The van der Waals surface area contributed by atoms with Gasteiger partial charge in [0.2, 0.25) is 5.56 Å². The van der Waals surface area contributed by atoms with Crippen LogP contribution in [0.15, 0.2) is 15.9 Å². The summed E-state index contributed by atoms with van der Waals surface area (Å²) in [5, 5.41) is 0.365. The van der Waals surface area contributed by atoms with Crippen LogP contribution in [0.25, 0.3) is 12.2 Å². The summed E-state index contributed by atoms with van der Waals surface area (Å²) in [6, 6.07) is 0. The Labute approximate surface area is 178 Å². The van der Waals surface area contributed by atoms with Crippen LogP contribution in [0.1, 0.15) is 65.3 Å². The van der Waals surface area contributed by atoms with Crippen LogP contribution in [-0.2, 0) is 38.1 Å². The van der Waals surface area contributed by atoms with Gasteiger partial charge in [-0.2, -0.15) is 0 Å². The van der Waals surface area contributed by atoms with Crippen LogP contribution in [0.2, 0.25) is 0 Å². The van der Waals surface area contributed by atoms with Gasteiger partial charge in [0.1, 0.15) is 5.56 Å². The van der Waals surface area contributed by atoms with Crippen LogP contribution in [0.5, 0.6) is 0 Å². The maximum atomic E-state index is 12.3. The number of nitrogens with one attached hydrogen (secondary N) is 2. The second-order valence-corrected chi connectivity index (χ2v) is 7.35. The Morgan fingerprint density at radius 3 is 2.54 bits per heavy atom. The average molecular weight is 432 g/mol. The molecule has 0 fully saturated rings. The third-order valence-corrected chi connectivity index (χ3v) is 4.21. The maximum absolute atomic E-state index is 12.3. The summed E-state index contributed by atoms with van der Waals surface area (Å²) >= 11 is 0. The minimum atomic E-state index is -0.444. The van der Waals surface area contributed by atoms with E-state index < -0.39 is 5.56 Å². The Morgan fingerprint density at radius 2 is 1.96 bits per heavy atom. The Hall–Kier alpha value is -1.27. The molecule has 0 aliphatic carbocycles. The molecule has 0 amide bonds. The molecule has 2 aromatic rings. The van der Waals surface area contributed by atoms with Crippen molar-refractivity contribution in [2.75, 3.05) is 0 Å². The normalized spacial score (nSPS) is 14.3. The van der Waals surface area contributed by atoms with Gasteiger partial charge in [-0.05, 0) is 24.8 Å². The molecule has 0 spiro atoms. The fourth-order valence-corrected chi connectivity index (χ4v) is 2.82. The van der Waals surface area contributed by atoms with Gasteiger partial charge in [-0.15, -0.1) is 0 Å². The monoisotopic (exact) mass is 432 g/mol. The molecular weight excluding hydrogens is 405 g/mol. The fraction of sp³-hybridized carbons (Fsp3) is 0.526. The summed E-state index contributed by atoms with van der Waals surface area (Å²) in [5.41, 5.74) is 0.600. The number of nitrogens with zero attached hydrogens (tertiary/aromatic N) is 2. The number of H-pyrrole nitrogens is 2. The first-order valence-corrected chi connectivity index (χ1v) is 8.81. The average Bonchev–Trinajstić information content (AvgIpc) is 3.00. The van der Waals surface area contributed by atoms with Crippen molar-refractivity contribution < 1.29 is 32.7 Å². The van der Waals surface area contributed by atoms with Crippen LogP contribution < -0.4 is 26.8 Å². The number of hydrogen-bond donors (Lipinski definition) is 2. The molecule has 139 valence electrons. The van der Waals surface area contributed by atoms with Gasteiger partial charge < -0.3 is 19.7 Å². The molecule has 2 heterocycles. The van der Waals surface area contributed by atoms with E-state index in [1.165, 1.54) is 0 Å². The SMILES string of the molecule is CCCC(/C=c1\[n-]c(=O)/c(=C/c2nc[nH]c2C(C)(C)C)[nH]c1=O)CC.[Y]. The molecule has 6 nitrogen and oxygen atoms in total. The predicted molar refractivity (Wildman–Crippen MR) is 99.9 cm³/mol. The predicted octanol–water partition coefficient (Wildman–Crippen LogP) is 1.15. The summed E-state index contributed by atoms with van der Waals surface area (Å²) in [6.07, 6.45) is 7.89. The second kappa shape index (κ2) is 9.61. The molecule has 1 radical (unpaired) electrons. The van der Waals surface area contributed by atoms with Crippen molar-refractivity contribution in [1.29, 1.82) is 0 Å². The molecule has 1 unspecified atom stereocenters. The molecule has 0 bridgehead atoms. The minimum absolute atomic E-state index is 0. The van der Waals surface area contributed by atoms with Crippen LogP contribution in [0.4, 0.5) is 0 Å². The summed E-state index contributed by atoms with van der Waals surface area (Å²) in [5.74, 6) is 0.256. The maximum Gasteiger partial charge on any atom is 0.233 e. The zero-order valence-electron chi connectivity index (χ0n) is 16.2. The zero-order valence-corrected chi connectivity index (χ0v) is 19.1. The molecular formula is C19H27N4O2Y-. The molecule has 0 aliphatic heterocycles. The fourth-order valence-electron chi connectivity index (χ4n) is 2.82. The van der Waals surface area contributed by atoms with Crippen molar-refractivity contribution in [3.63, 3.8) is 0 Å². The van der Waals surface area contributed by atoms with Crippen molar-refractivity contribution in [2.45, 2.75) is 59.3 Å². The van der Waals surface area contributed by atoms with Crippen LogP contribution in [0.3, 0.4) is 0 Å². The molecule has 1 atom stereocenters. The zero-order chi connectivity index (χ0) is 18.6. The van der Waals surface area contributed by atoms with E-state index in [1.807, 2.05) is 26.8 Å². The summed E-state index contributed by atoms with van der Waals surface area (Å²) in [4.78, 5) is 38.7. The quantitative estimate of drug-likeness (QED) is 0.742. The standard InChI is InChI=1S/C19H28N4O2.Y/c1-6-8-12(7-2)9-14-17(24)23-15(18(25)22-14)10-13-16(19(3,4)5)21-11-20-13;/h9-12H,6-8H2,1-5H3,(H3,20,21,22,23,24,25);/p-1/b14-9-;. The Bertz CT molecular complexity index is 947. The van der Waals surface area contributed by atoms with Gasteiger partial charge in [-0.25, -0.2) is 4.98 Å². The van der Waals surface area contributed by atoms with E-state index in [-0.39, 0.29) is 60.3 Å². The topological polar surface area (TPSA) is 92.7 Å². The van der Waals surface area contributed by atoms with Crippen LogP contribution >= 0.6 is 0 Å². The molecule has 2 aromatic heterocycles. The molecule has 0 aromatic carbocycles. The van der Waals surface area contributed by atoms with Gasteiger partial charge in [0.05, 0.1) is 17.4 Å². The van der Waals surface area contributed by atoms with E-state index >= 15 is 0 Å². The van der Waals surface area contributed by atoms with E-state index in [2.05, 4.69) is 33.8 Å². The van der Waals surface area contributed by atoms with Crippen molar-refractivity contribution in [3.8, 4) is 0 Å². The largest absolute Gasteiger partial charge is 0.617 e.